The van der Waals surface area contributed by atoms with E-state index in [9.17, 15) is 9.59 Å². The highest BCUT2D eigenvalue weighted by atomic mass is 16.2. The summed E-state index contributed by atoms with van der Waals surface area (Å²) in [5, 5.41) is 2.86. The zero-order valence-corrected chi connectivity index (χ0v) is 12.8. The fourth-order valence-electron chi connectivity index (χ4n) is 2.82. The van der Waals surface area contributed by atoms with Gasteiger partial charge in [-0.3, -0.25) is 9.59 Å². The molecule has 2 amide bonds. The Morgan fingerprint density at radius 2 is 1.95 bits per heavy atom. The van der Waals surface area contributed by atoms with E-state index in [1.807, 2.05) is 36.9 Å². The van der Waals surface area contributed by atoms with Crippen LogP contribution in [0.25, 0.3) is 0 Å². The largest absolute Gasteiger partial charge is 0.344 e. The monoisotopic (exact) mass is 288 g/mol. The second kappa shape index (κ2) is 7.25. The molecule has 1 aromatic carbocycles. The van der Waals surface area contributed by atoms with Crippen molar-refractivity contribution in [3.05, 3.63) is 35.9 Å². The van der Waals surface area contributed by atoms with E-state index in [0.717, 1.165) is 12.8 Å². The normalized spacial score (nSPS) is 22.9. The van der Waals surface area contributed by atoms with Crippen LogP contribution in [0.2, 0.25) is 0 Å². The summed E-state index contributed by atoms with van der Waals surface area (Å²) in [5.41, 5.74) is 1.22. The summed E-state index contributed by atoms with van der Waals surface area (Å²) >= 11 is 0. The number of hydrogen-bond donors (Lipinski definition) is 1. The van der Waals surface area contributed by atoms with Crippen molar-refractivity contribution < 1.29 is 9.59 Å². The van der Waals surface area contributed by atoms with Gasteiger partial charge >= 0.3 is 0 Å². The van der Waals surface area contributed by atoms with Crippen LogP contribution in [0.15, 0.2) is 30.3 Å². The molecule has 0 spiro atoms. The smallest absolute Gasteiger partial charge is 0.245 e. The van der Waals surface area contributed by atoms with E-state index < -0.39 is 0 Å². The quantitative estimate of drug-likeness (QED) is 0.902. The summed E-state index contributed by atoms with van der Waals surface area (Å²) in [6, 6.07) is 9.75. The van der Waals surface area contributed by atoms with Crippen molar-refractivity contribution in [1.29, 1.82) is 0 Å². The van der Waals surface area contributed by atoms with Crippen molar-refractivity contribution in [1.82, 2.24) is 10.2 Å². The van der Waals surface area contributed by atoms with Gasteiger partial charge in [-0.05, 0) is 25.3 Å². The topological polar surface area (TPSA) is 49.4 Å². The highest BCUT2D eigenvalue weighted by Gasteiger charge is 2.32. The second-order valence-electron chi connectivity index (χ2n) is 5.73. The maximum Gasteiger partial charge on any atom is 0.245 e. The lowest BCUT2D eigenvalue weighted by molar-refractivity contribution is -0.135. The Kier molecular flexibility index (Phi) is 5.37. The van der Waals surface area contributed by atoms with Crippen LogP contribution < -0.4 is 5.32 Å². The summed E-state index contributed by atoms with van der Waals surface area (Å²) in [6.07, 6.45) is 2.81. The summed E-state index contributed by atoms with van der Waals surface area (Å²) in [6.45, 7) is 4.65. The summed E-state index contributed by atoms with van der Waals surface area (Å²) in [5.74, 6) is 0.0441. The summed E-state index contributed by atoms with van der Waals surface area (Å²) in [4.78, 5) is 26.3. The number of nitrogens with zero attached hydrogens (tertiary/aromatic N) is 1. The van der Waals surface area contributed by atoms with Gasteiger partial charge in [0.2, 0.25) is 11.8 Å². The molecule has 1 heterocycles. The molecule has 0 aromatic heterocycles. The zero-order valence-electron chi connectivity index (χ0n) is 12.8. The standard InChI is InChI=1S/C17H24N2O2/c1-3-7-15-17(21)19(13(2)12-16(20)18-15)11-10-14-8-5-4-6-9-14/h4-6,8-9,13,15H,3,7,10-12H2,1-2H3,(H,18,20). The fraction of sp³-hybridized carbons (Fsp3) is 0.529. The number of benzene rings is 1. The van der Waals surface area contributed by atoms with E-state index in [0.29, 0.717) is 19.4 Å². The average Bonchev–Trinajstić information content (AvgIpc) is 2.56. The van der Waals surface area contributed by atoms with Crippen LogP contribution in [0.1, 0.15) is 38.7 Å². The number of carbonyl (C=O) groups is 2. The molecule has 0 aliphatic carbocycles. The first-order valence-corrected chi connectivity index (χ1v) is 7.75. The Bertz CT molecular complexity index is 487. The van der Waals surface area contributed by atoms with Gasteiger partial charge in [0.05, 0.1) is 0 Å². The van der Waals surface area contributed by atoms with E-state index in [2.05, 4.69) is 17.4 Å². The van der Waals surface area contributed by atoms with Crippen molar-refractivity contribution in [3.63, 3.8) is 0 Å². The number of amides is 2. The van der Waals surface area contributed by atoms with Gasteiger partial charge < -0.3 is 10.2 Å². The molecule has 4 nitrogen and oxygen atoms in total. The highest BCUT2D eigenvalue weighted by molar-refractivity contribution is 5.90. The van der Waals surface area contributed by atoms with Gasteiger partial charge in [0.1, 0.15) is 6.04 Å². The van der Waals surface area contributed by atoms with Gasteiger partial charge in [-0.2, -0.15) is 0 Å². The minimum absolute atomic E-state index is 0.0171. The van der Waals surface area contributed by atoms with Gasteiger partial charge in [-0.1, -0.05) is 43.7 Å². The van der Waals surface area contributed by atoms with E-state index in [1.165, 1.54) is 5.56 Å². The van der Waals surface area contributed by atoms with Crippen LogP contribution >= 0.6 is 0 Å². The Morgan fingerprint density at radius 1 is 1.24 bits per heavy atom. The Labute approximate surface area is 126 Å². The van der Waals surface area contributed by atoms with E-state index >= 15 is 0 Å². The molecule has 1 N–H and O–H groups in total. The maximum absolute atomic E-state index is 12.6. The first-order chi connectivity index (χ1) is 10.1. The molecule has 1 aliphatic rings. The average molecular weight is 288 g/mol. The highest BCUT2D eigenvalue weighted by Crippen LogP contribution is 2.15. The minimum Gasteiger partial charge on any atom is -0.344 e. The Hall–Kier alpha value is -1.84. The zero-order chi connectivity index (χ0) is 15.2. The third-order valence-corrected chi connectivity index (χ3v) is 3.99. The molecule has 4 heteroatoms. The van der Waals surface area contributed by atoms with Gasteiger partial charge in [-0.25, -0.2) is 0 Å². The van der Waals surface area contributed by atoms with Gasteiger partial charge in [0.25, 0.3) is 0 Å². The Morgan fingerprint density at radius 3 is 2.62 bits per heavy atom. The summed E-state index contributed by atoms with van der Waals surface area (Å²) < 4.78 is 0. The number of nitrogens with one attached hydrogen (secondary N) is 1. The number of rotatable bonds is 5. The van der Waals surface area contributed by atoms with Crippen molar-refractivity contribution in [2.24, 2.45) is 0 Å². The lowest BCUT2D eigenvalue weighted by atomic mass is 10.1. The molecule has 1 aromatic rings. The third kappa shape index (κ3) is 4.06. The molecular formula is C17H24N2O2. The van der Waals surface area contributed by atoms with Crippen molar-refractivity contribution in [3.8, 4) is 0 Å². The summed E-state index contributed by atoms with van der Waals surface area (Å²) in [7, 11) is 0. The van der Waals surface area contributed by atoms with Crippen molar-refractivity contribution in [2.45, 2.75) is 51.6 Å². The maximum atomic E-state index is 12.6. The van der Waals surface area contributed by atoms with Crippen LogP contribution in [0.4, 0.5) is 0 Å². The molecule has 1 fully saturated rings. The fourth-order valence-corrected chi connectivity index (χ4v) is 2.82. The molecule has 2 unspecified atom stereocenters. The van der Waals surface area contributed by atoms with Crippen LogP contribution in [0.3, 0.4) is 0 Å². The first-order valence-electron chi connectivity index (χ1n) is 7.75. The molecule has 1 saturated heterocycles. The molecule has 1 aliphatic heterocycles. The predicted molar refractivity (Wildman–Crippen MR) is 82.8 cm³/mol. The van der Waals surface area contributed by atoms with E-state index in [1.54, 1.807) is 0 Å². The van der Waals surface area contributed by atoms with Crippen LogP contribution in [-0.2, 0) is 16.0 Å². The number of carbonyl (C=O) groups excluding carboxylic acids is 2. The SMILES string of the molecule is CCCC1NC(=O)CC(C)N(CCc2ccccc2)C1=O. The van der Waals surface area contributed by atoms with Crippen LogP contribution in [-0.4, -0.2) is 35.3 Å². The number of hydrogen-bond acceptors (Lipinski definition) is 2. The van der Waals surface area contributed by atoms with E-state index in [4.69, 9.17) is 0 Å². The molecule has 0 radical (unpaired) electrons. The van der Waals surface area contributed by atoms with Gasteiger partial charge in [0.15, 0.2) is 0 Å². The van der Waals surface area contributed by atoms with E-state index in [-0.39, 0.29) is 23.9 Å². The van der Waals surface area contributed by atoms with Gasteiger partial charge in [-0.15, -0.1) is 0 Å². The molecule has 0 bridgehead atoms. The first kappa shape index (κ1) is 15.5. The van der Waals surface area contributed by atoms with Crippen LogP contribution in [0, 0.1) is 0 Å². The predicted octanol–water partition coefficient (Wildman–Crippen LogP) is 2.13. The lowest BCUT2D eigenvalue weighted by Gasteiger charge is -2.28. The molecule has 21 heavy (non-hydrogen) atoms. The van der Waals surface area contributed by atoms with Crippen LogP contribution in [0.5, 0.6) is 0 Å². The molecule has 2 atom stereocenters. The lowest BCUT2D eigenvalue weighted by Crippen LogP contribution is -2.47. The second-order valence-corrected chi connectivity index (χ2v) is 5.73. The molecule has 2 rings (SSSR count). The Balaban J connectivity index is 2.07. The van der Waals surface area contributed by atoms with Crippen molar-refractivity contribution in [2.75, 3.05) is 6.54 Å². The van der Waals surface area contributed by atoms with Gasteiger partial charge in [0, 0.05) is 19.0 Å². The van der Waals surface area contributed by atoms with Crippen molar-refractivity contribution >= 4 is 11.8 Å². The minimum atomic E-state index is -0.358. The molecule has 114 valence electrons. The molecule has 0 saturated carbocycles. The molecular weight excluding hydrogens is 264 g/mol. The third-order valence-electron chi connectivity index (χ3n) is 3.99.